The number of hydrogen-bond acceptors (Lipinski definition) is 5. The normalized spacial score (nSPS) is 15.0. The largest absolute Gasteiger partial charge is 0.391 e. The van der Waals surface area contributed by atoms with E-state index in [1.54, 1.807) is 0 Å². The Balaban J connectivity index is 0. The molecule has 164 valence electrons. The molecule has 1 amide bonds. The van der Waals surface area contributed by atoms with Gasteiger partial charge in [0.05, 0.1) is 12.2 Å². The molecule has 0 aliphatic rings. The van der Waals surface area contributed by atoms with Crippen LogP contribution in [0.5, 0.6) is 0 Å². The first kappa shape index (κ1) is 29.3. The van der Waals surface area contributed by atoms with E-state index >= 15 is 0 Å². The van der Waals surface area contributed by atoms with Crippen molar-refractivity contribution in [3.63, 3.8) is 0 Å². The van der Waals surface area contributed by atoms with E-state index in [4.69, 9.17) is 5.73 Å². The highest BCUT2D eigenvalue weighted by molar-refractivity contribution is 5.85. The first-order chi connectivity index (χ1) is 12.3. The number of rotatable bonds is 12. The highest BCUT2D eigenvalue weighted by atomic mass is 35.5. The summed E-state index contributed by atoms with van der Waals surface area (Å²) < 4.78 is 0. The van der Waals surface area contributed by atoms with Crippen molar-refractivity contribution in [2.45, 2.75) is 64.3 Å². The molecule has 0 spiro atoms. The van der Waals surface area contributed by atoms with E-state index < -0.39 is 24.3 Å². The van der Waals surface area contributed by atoms with Crippen LogP contribution in [0, 0.1) is 5.92 Å². The Kier molecular flexibility index (Phi) is 16.7. The summed E-state index contributed by atoms with van der Waals surface area (Å²) >= 11 is 0. The van der Waals surface area contributed by atoms with Crippen molar-refractivity contribution < 1.29 is 15.0 Å². The summed E-state index contributed by atoms with van der Waals surface area (Å²) in [6.45, 7) is 6.67. The number of nitrogens with one attached hydrogen (secondary N) is 2. The van der Waals surface area contributed by atoms with Crippen LogP contribution in [0.2, 0.25) is 0 Å². The first-order valence-electron chi connectivity index (χ1n) is 9.51. The lowest BCUT2D eigenvalue weighted by molar-refractivity contribution is -0.126. The molecule has 0 aromatic heterocycles. The van der Waals surface area contributed by atoms with Crippen LogP contribution in [0.25, 0.3) is 0 Å². The smallest absolute Gasteiger partial charge is 0.239 e. The second-order valence-corrected chi connectivity index (χ2v) is 7.30. The second kappa shape index (κ2) is 16.0. The van der Waals surface area contributed by atoms with Crippen molar-refractivity contribution >= 4 is 30.7 Å². The molecule has 4 atom stereocenters. The quantitative estimate of drug-likeness (QED) is 0.341. The van der Waals surface area contributed by atoms with Gasteiger partial charge >= 0.3 is 0 Å². The number of nitrogens with two attached hydrogens (primary N) is 1. The number of amides is 1. The molecule has 0 bridgehead atoms. The third kappa shape index (κ3) is 11.2. The van der Waals surface area contributed by atoms with Gasteiger partial charge in [0.2, 0.25) is 5.91 Å². The topological polar surface area (TPSA) is 108 Å². The number of carbonyl (C=O) groups excluding carboxylic acids is 1. The fourth-order valence-electron chi connectivity index (χ4n) is 2.70. The molecule has 6 N–H and O–H groups in total. The lowest BCUT2D eigenvalue weighted by Crippen LogP contribution is -2.55. The van der Waals surface area contributed by atoms with Gasteiger partial charge in [0.25, 0.3) is 0 Å². The molecule has 1 rings (SSSR count). The summed E-state index contributed by atoms with van der Waals surface area (Å²) in [5.74, 6) is 0.0799. The minimum absolute atomic E-state index is 0. The van der Waals surface area contributed by atoms with Gasteiger partial charge in [0, 0.05) is 19.1 Å². The zero-order valence-electron chi connectivity index (χ0n) is 17.0. The Morgan fingerprint density at radius 3 is 2.21 bits per heavy atom. The fraction of sp³-hybridized carbons (Fsp3) is 0.650. The second-order valence-electron chi connectivity index (χ2n) is 7.30. The van der Waals surface area contributed by atoms with Gasteiger partial charge in [0.15, 0.2) is 0 Å². The standard InChI is InChI=1S/C20H35N3O3.2ClH/c1-4-8-17(24)19(20(26)23-12-14(2)3)22-13-18(25)16(21)11-15-9-6-5-7-10-15;;/h5-7,9-10,14,16-19,22,24-25H,4,8,11-13,21H2,1-3H3,(H,23,26);2*1H/t16-,17+,18+,19?;;/m0../s1. The monoisotopic (exact) mass is 437 g/mol. The lowest BCUT2D eigenvalue weighted by Gasteiger charge is -2.26. The Hall–Kier alpha value is -0.890. The van der Waals surface area contributed by atoms with Crippen molar-refractivity contribution in [1.82, 2.24) is 10.6 Å². The number of carbonyl (C=O) groups is 1. The number of halogens is 2. The number of hydrogen-bond donors (Lipinski definition) is 5. The lowest BCUT2D eigenvalue weighted by atomic mass is 10.0. The highest BCUT2D eigenvalue weighted by Gasteiger charge is 2.27. The summed E-state index contributed by atoms with van der Waals surface area (Å²) in [6, 6.07) is 8.52. The minimum atomic E-state index is -0.815. The molecule has 0 fully saturated rings. The molecule has 1 aromatic rings. The van der Waals surface area contributed by atoms with Crippen LogP contribution < -0.4 is 16.4 Å². The molecule has 1 aromatic carbocycles. The van der Waals surface area contributed by atoms with Crippen LogP contribution in [0.3, 0.4) is 0 Å². The van der Waals surface area contributed by atoms with Crippen molar-refractivity contribution in [1.29, 1.82) is 0 Å². The van der Waals surface area contributed by atoms with Crippen LogP contribution in [-0.4, -0.2) is 53.5 Å². The molecule has 0 aliphatic heterocycles. The van der Waals surface area contributed by atoms with E-state index in [1.165, 1.54) is 0 Å². The van der Waals surface area contributed by atoms with Gasteiger partial charge in [-0.3, -0.25) is 4.79 Å². The van der Waals surface area contributed by atoms with Crippen LogP contribution in [0.15, 0.2) is 30.3 Å². The zero-order valence-corrected chi connectivity index (χ0v) is 18.6. The number of benzene rings is 1. The minimum Gasteiger partial charge on any atom is -0.391 e. The summed E-state index contributed by atoms with van der Waals surface area (Å²) in [5, 5.41) is 26.5. The third-order valence-electron chi connectivity index (χ3n) is 4.29. The van der Waals surface area contributed by atoms with Gasteiger partial charge in [-0.15, -0.1) is 24.8 Å². The fourth-order valence-corrected chi connectivity index (χ4v) is 2.70. The van der Waals surface area contributed by atoms with Gasteiger partial charge in [0.1, 0.15) is 6.04 Å². The van der Waals surface area contributed by atoms with Gasteiger partial charge in [-0.2, -0.15) is 0 Å². The maximum atomic E-state index is 12.4. The SMILES string of the molecule is CCC[C@@H](O)C(NC[C@@H](O)[C@@H](N)Cc1ccccc1)C(=O)NCC(C)C.Cl.Cl. The summed E-state index contributed by atoms with van der Waals surface area (Å²) in [6.07, 6.45) is 0.214. The number of aliphatic hydroxyl groups excluding tert-OH is 2. The molecule has 1 unspecified atom stereocenters. The van der Waals surface area contributed by atoms with Gasteiger partial charge in [-0.05, 0) is 24.3 Å². The first-order valence-corrected chi connectivity index (χ1v) is 9.51. The third-order valence-corrected chi connectivity index (χ3v) is 4.29. The molecule has 8 heteroatoms. The van der Waals surface area contributed by atoms with E-state index in [1.807, 2.05) is 51.1 Å². The van der Waals surface area contributed by atoms with Crippen molar-refractivity contribution in [3.8, 4) is 0 Å². The van der Waals surface area contributed by atoms with Gasteiger partial charge < -0.3 is 26.6 Å². The Bertz CT molecular complexity index is 521. The Morgan fingerprint density at radius 1 is 1.07 bits per heavy atom. The van der Waals surface area contributed by atoms with E-state index in [0.29, 0.717) is 25.3 Å². The predicted octanol–water partition coefficient (Wildman–Crippen LogP) is 1.65. The molecule has 0 heterocycles. The molecule has 6 nitrogen and oxygen atoms in total. The van der Waals surface area contributed by atoms with E-state index in [-0.39, 0.29) is 37.3 Å². The highest BCUT2D eigenvalue weighted by Crippen LogP contribution is 2.07. The van der Waals surface area contributed by atoms with Gasteiger partial charge in [-0.25, -0.2) is 0 Å². The Labute approximate surface area is 181 Å². The van der Waals surface area contributed by atoms with E-state index in [2.05, 4.69) is 10.6 Å². The average molecular weight is 438 g/mol. The molecule has 0 radical (unpaired) electrons. The molecule has 0 aliphatic carbocycles. The van der Waals surface area contributed by atoms with E-state index in [0.717, 1.165) is 12.0 Å². The van der Waals surface area contributed by atoms with Gasteiger partial charge in [-0.1, -0.05) is 57.5 Å². The van der Waals surface area contributed by atoms with Crippen LogP contribution in [0.4, 0.5) is 0 Å². The maximum absolute atomic E-state index is 12.4. The predicted molar refractivity (Wildman–Crippen MR) is 119 cm³/mol. The summed E-state index contributed by atoms with van der Waals surface area (Å²) in [4.78, 5) is 12.4. The zero-order chi connectivity index (χ0) is 19.5. The molecule has 0 saturated heterocycles. The molecular weight excluding hydrogens is 401 g/mol. The van der Waals surface area contributed by atoms with Crippen molar-refractivity contribution in [2.75, 3.05) is 13.1 Å². The van der Waals surface area contributed by atoms with Crippen LogP contribution >= 0.6 is 24.8 Å². The maximum Gasteiger partial charge on any atom is 0.239 e. The van der Waals surface area contributed by atoms with E-state index in [9.17, 15) is 15.0 Å². The summed E-state index contributed by atoms with van der Waals surface area (Å²) in [5.41, 5.74) is 7.14. The molecule has 0 saturated carbocycles. The van der Waals surface area contributed by atoms with Crippen molar-refractivity contribution in [2.24, 2.45) is 11.7 Å². The van der Waals surface area contributed by atoms with Crippen LogP contribution in [0.1, 0.15) is 39.2 Å². The number of aliphatic hydroxyl groups is 2. The molecular formula is C20H37Cl2N3O3. The molecule has 28 heavy (non-hydrogen) atoms. The summed E-state index contributed by atoms with van der Waals surface area (Å²) in [7, 11) is 0. The van der Waals surface area contributed by atoms with Crippen LogP contribution in [-0.2, 0) is 11.2 Å². The van der Waals surface area contributed by atoms with Crippen molar-refractivity contribution in [3.05, 3.63) is 35.9 Å². The Morgan fingerprint density at radius 2 is 1.68 bits per heavy atom. The average Bonchev–Trinajstić information content (AvgIpc) is 2.61.